The number of rotatable bonds is 4. The third-order valence-electron chi connectivity index (χ3n) is 2.72. The van der Waals surface area contributed by atoms with E-state index >= 15 is 0 Å². The lowest BCUT2D eigenvalue weighted by Crippen LogP contribution is -2.49. The molecule has 0 aromatic carbocycles. The van der Waals surface area contributed by atoms with Crippen LogP contribution in [-0.2, 0) is 4.74 Å². The Hall–Kier alpha value is -0.490. The van der Waals surface area contributed by atoms with E-state index in [9.17, 15) is 0 Å². The average molecular weight is 227 g/mol. The summed E-state index contributed by atoms with van der Waals surface area (Å²) in [5.74, 6) is 0. The summed E-state index contributed by atoms with van der Waals surface area (Å²) in [6, 6.07) is 0.269. The van der Waals surface area contributed by atoms with Gasteiger partial charge in [-0.1, -0.05) is 0 Å². The summed E-state index contributed by atoms with van der Waals surface area (Å²) < 4.78 is 5.31. The van der Waals surface area contributed by atoms with Gasteiger partial charge in [-0.3, -0.25) is 0 Å². The summed E-state index contributed by atoms with van der Waals surface area (Å²) >= 11 is 1.67. The topological polar surface area (TPSA) is 60.2 Å². The third kappa shape index (κ3) is 2.75. The van der Waals surface area contributed by atoms with E-state index in [0.29, 0.717) is 6.61 Å². The van der Waals surface area contributed by atoms with Gasteiger partial charge in [0.2, 0.25) is 0 Å². The van der Waals surface area contributed by atoms with Gasteiger partial charge in [0.25, 0.3) is 0 Å². The van der Waals surface area contributed by atoms with Gasteiger partial charge < -0.3 is 15.8 Å². The van der Waals surface area contributed by atoms with E-state index in [-0.39, 0.29) is 11.6 Å². The zero-order chi connectivity index (χ0) is 10.7. The number of ether oxygens (including phenoxy) is 1. The van der Waals surface area contributed by atoms with Crippen LogP contribution in [0.4, 0.5) is 0 Å². The van der Waals surface area contributed by atoms with Crippen molar-refractivity contribution in [1.82, 2.24) is 10.3 Å². The molecule has 0 spiro atoms. The quantitative estimate of drug-likeness (QED) is 0.802. The van der Waals surface area contributed by atoms with Gasteiger partial charge in [0.1, 0.15) is 5.01 Å². The van der Waals surface area contributed by atoms with Crippen LogP contribution < -0.4 is 11.1 Å². The fourth-order valence-electron chi connectivity index (χ4n) is 1.65. The van der Waals surface area contributed by atoms with Crippen LogP contribution >= 0.6 is 11.3 Å². The minimum absolute atomic E-state index is 0.189. The first-order valence-electron chi connectivity index (χ1n) is 5.19. The van der Waals surface area contributed by atoms with Crippen LogP contribution in [-0.4, -0.2) is 30.3 Å². The molecule has 1 aliphatic rings. The van der Waals surface area contributed by atoms with Crippen LogP contribution in [0, 0.1) is 0 Å². The molecule has 1 aromatic rings. The van der Waals surface area contributed by atoms with Crippen molar-refractivity contribution in [2.75, 3.05) is 19.8 Å². The maximum Gasteiger partial charge on any atom is 0.109 e. The standard InChI is InChI=1S/C10H17N3OS/c1-8(9-12-3-5-15-9)13-6-10(11)2-4-14-7-10/h3,5,8,13H,2,4,6-7,11H2,1H3. The molecule has 5 heteroatoms. The predicted octanol–water partition coefficient (Wildman–Crippen LogP) is 0.912. The molecule has 3 N–H and O–H groups in total. The van der Waals surface area contributed by atoms with Crippen LogP contribution in [0.25, 0.3) is 0 Å². The molecule has 2 atom stereocenters. The van der Waals surface area contributed by atoms with Crippen LogP contribution in [0.1, 0.15) is 24.4 Å². The molecule has 1 aliphatic heterocycles. The van der Waals surface area contributed by atoms with Gasteiger partial charge in [0.05, 0.1) is 18.2 Å². The molecule has 2 unspecified atom stereocenters. The van der Waals surface area contributed by atoms with Crippen molar-refractivity contribution in [3.8, 4) is 0 Å². The first-order valence-corrected chi connectivity index (χ1v) is 6.07. The van der Waals surface area contributed by atoms with E-state index in [1.54, 1.807) is 11.3 Å². The molecule has 84 valence electrons. The number of aromatic nitrogens is 1. The zero-order valence-electron chi connectivity index (χ0n) is 8.90. The summed E-state index contributed by atoms with van der Waals surface area (Å²) in [5.41, 5.74) is 5.97. The smallest absolute Gasteiger partial charge is 0.109 e. The van der Waals surface area contributed by atoms with Gasteiger partial charge in [-0.15, -0.1) is 11.3 Å². The van der Waals surface area contributed by atoms with E-state index < -0.39 is 0 Å². The average Bonchev–Trinajstić information content (AvgIpc) is 2.85. The van der Waals surface area contributed by atoms with Crippen molar-refractivity contribution in [2.45, 2.75) is 24.9 Å². The minimum atomic E-state index is -0.189. The van der Waals surface area contributed by atoms with E-state index in [2.05, 4.69) is 17.2 Å². The molecule has 0 bridgehead atoms. The summed E-state index contributed by atoms with van der Waals surface area (Å²) in [7, 11) is 0. The molecule has 0 aliphatic carbocycles. The third-order valence-corrected chi connectivity index (χ3v) is 3.67. The Bertz CT molecular complexity index is 296. The molecular formula is C10H17N3OS. The molecule has 0 radical (unpaired) electrons. The second-order valence-electron chi connectivity index (χ2n) is 4.14. The highest BCUT2D eigenvalue weighted by Gasteiger charge is 2.30. The lowest BCUT2D eigenvalue weighted by atomic mass is 10.0. The SMILES string of the molecule is CC(NCC1(N)CCOC1)c1nccs1. The summed E-state index contributed by atoms with van der Waals surface area (Å²) in [4.78, 5) is 4.27. The molecule has 1 fully saturated rings. The van der Waals surface area contributed by atoms with E-state index in [1.807, 2.05) is 11.6 Å². The van der Waals surface area contributed by atoms with Crippen molar-refractivity contribution >= 4 is 11.3 Å². The summed E-state index contributed by atoms with van der Waals surface area (Å²) in [5, 5.41) is 6.51. The Balaban J connectivity index is 1.83. The number of nitrogens with one attached hydrogen (secondary N) is 1. The number of nitrogens with two attached hydrogens (primary N) is 1. The van der Waals surface area contributed by atoms with Crippen molar-refractivity contribution in [2.24, 2.45) is 5.73 Å². The van der Waals surface area contributed by atoms with E-state index in [0.717, 1.165) is 24.6 Å². The first kappa shape index (κ1) is 11.0. The fraction of sp³-hybridized carbons (Fsp3) is 0.700. The second kappa shape index (κ2) is 4.57. The van der Waals surface area contributed by atoms with Gasteiger partial charge in [-0.05, 0) is 13.3 Å². The Morgan fingerprint density at radius 1 is 1.80 bits per heavy atom. The van der Waals surface area contributed by atoms with Gasteiger partial charge >= 0.3 is 0 Å². The molecule has 1 aromatic heterocycles. The van der Waals surface area contributed by atoms with Gasteiger partial charge in [-0.25, -0.2) is 4.98 Å². The lowest BCUT2D eigenvalue weighted by Gasteiger charge is -2.24. The highest BCUT2D eigenvalue weighted by atomic mass is 32.1. The number of hydrogen-bond acceptors (Lipinski definition) is 5. The molecule has 4 nitrogen and oxygen atoms in total. The second-order valence-corrected chi connectivity index (χ2v) is 5.06. The first-order chi connectivity index (χ1) is 7.20. The Labute approximate surface area is 93.8 Å². The minimum Gasteiger partial charge on any atom is -0.379 e. The monoisotopic (exact) mass is 227 g/mol. The molecular weight excluding hydrogens is 210 g/mol. The van der Waals surface area contributed by atoms with Gasteiger partial charge in [0.15, 0.2) is 0 Å². The summed E-state index contributed by atoms with van der Waals surface area (Å²) in [6.45, 7) is 4.33. The lowest BCUT2D eigenvalue weighted by molar-refractivity contribution is 0.176. The number of nitrogens with zero attached hydrogens (tertiary/aromatic N) is 1. The van der Waals surface area contributed by atoms with E-state index in [1.165, 1.54) is 0 Å². The van der Waals surface area contributed by atoms with Gasteiger partial charge in [0, 0.05) is 24.7 Å². The van der Waals surface area contributed by atoms with E-state index in [4.69, 9.17) is 10.5 Å². The van der Waals surface area contributed by atoms with Crippen LogP contribution in [0.2, 0.25) is 0 Å². The molecule has 2 rings (SSSR count). The Morgan fingerprint density at radius 3 is 3.27 bits per heavy atom. The van der Waals surface area contributed by atoms with Crippen LogP contribution in [0.15, 0.2) is 11.6 Å². The van der Waals surface area contributed by atoms with Crippen molar-refractivity contribution in [3.05, 3.63) is 16.6 Å². The Morgan fingerprint density at radius 2 is 2.67 bits per heavy atom. The fourth-order valence-corrected chi connectivity index (χ4v) is 2.32. The predicted molar refractivity (Wildman–Crippen MR) is 60.9 cm³/mol. The van der Waals surface area contributed by atoms with Crippen LogP contribution in [0.5, 0.6) is 0 Å². The highest BCUT2D eigenvalue weighted by molar-refractivity contribution is 7.09. The van der Waals surface area contributed by atoms with Crippen molar-refractivity contribution in [1.29, 1.82) is 0 Å². The van der Waals surface area contributed by atoms with Crippen molar-refractivity contribution in [3.63, 3.8) is 0 Å². The number of thiazole rings is 1. The number of hydrogen-bond donors (Lipinski definition) is 2. The molecule has 15 heavy (non-hydrogen) atoms. The molecule has 1 saturated heterocycles. The van der Waals surface area contributed by atoms with Crippen LogP contribution in [0.3, 0.4) is 0 Å². The highest BCUT2D eigenvalue weighted by Crippen LogP contribution is 2.18. The van der Waals surface area contributed by atoms with Gasteiger partial charge in [-0.2, -0.15) is 0 Å². The molecule has 0 saturated carbocycles. The zero-order valence-corrected chi connectivity index (χ0v) is 9.72. The normalized spacial score (nSPS) is 28.1. The Kier molecular flexibility index (Phi) is 3.35. The maximum absolute atomic E-state index is 6.16. The molecule has 2 heterocycles. The molecule has 0 amide bonds. The van der Waals surface area contributed by atoms with Crippen molar-refractivity contribution < 1.29 is 4.74 Å². The summed E-state index contributed by atoms with van der Waals surface area (Å²) in [6.07, 6.45) is 2.76. The largest absolute Gasteiger partial charge is 0.379 e. The maximum atomic E-state index is 6.16.